The minimum absolute atomic E-state index is 0.146. The number of aryl methyl sites for hydroxylation is 1. The summed E-state index contributed by atoms with van der Waals surface area (Å²) < 4.78 is 6.44. The maximum absolute atomic E-state index is 11.0. The van der Waals surface area contributed by atoms with Gasteiger partial charge in [-0.3, -0.25) is 0 Å². The average Bonchev–Trinajstić information content (AvgIpc) is 2.82. The van der Waals surface area contributed by atoms with E-state index in [0.717, 1.165) is 5.75 Å². The van der Waals surface area contributed by atoms with Crippen LogP contribution in [0.4, 0.5) is 0 Å². The molecule has 108 valence electrons. The van der Waals surface area contributed by atoms with Gasteiger partial charge in [0.05, 0.1) is 18.5 Å². The first kappa shape index (κ1) is 15.7. The van der Waals surface area contributed by atoms with Gasteiger partial charge in [-0.05, 0) is 44.2 Å². The van der Waals surface area contributed by atoms with Crippen molar-refractivity contribution in [1.29, 1.82) is 0 Å². The van der Waals surface area contributed by atoms with E-state index in [1.54, 1.807) is 45.2 Å². The van der Waals surface area contributed by atoms with Crippen LogP contribution in [0.5, 0.6) is 5.75 Å². The molecule has 0 fully saturated rings. The highest BCUT2D eigenvalue weighted by molar-refractivity contribution is 5.86. The summed E-state index contributed by atoms with van der Waals surface area (Å²) in [6, 6.07) is 8.58. The van der Waals surface area contributed by atoms with Crippen LogP contribution in [0, 0.1) is 6.92 Å². The number of hydrogen-bond acceptors (Lipinski definition) is 4. The van der Waals surface area contributed by atoms with Crippen molar-refractivity contribution in [2.24, 2.45) is 0 Å². The number of rotatable bonds is 3. The summed E-state index contributed by atoms with van der Waals surface area (Å²) in [7, 11) is 1.58. The lowest BCUT2D eigenvalue weighted by Crippen LogP contribution is -2.07. The molecule has 20 heavy (non-hydrogen) atoms. The van der Waals surface area contributed by atoms with Crippen molar-refractivity contribution in [1.82, 2.24) is 9.78 Å². The summed E-state index contributed by atoms with van der Waals surface area (Å²) in [4.78, 5) is 11.0. The Morgan fingerprint density at radius 1 is 1.35 bits per heavy atom. The Labute approximate surface area is 117 Å². The number of nitrogens with zero attached hydrogens (tertiary/aromatic N) is 2. The van der Waals surface area contributed by atoms with E-state index in [1.165, 1.54) is 10.7 Å². The molecule has 0 saturated carbocycles. The van der Waals surface area contributed by atoms with Crippen molar-refractivity contribution in [2.75, 3.05) is 13.7 Å². The van der Waals surface area contributed by atoms with E-state index in [-0.39, 0.29) is 12.3 Å². The third-order valence-corrected chi connectivity index (χ3v) is 2.37. The molecule has 0 aliphatic heterocycles. The molecule has 0 radical (unpaired) electrons. The molecular formula is C14H18N2O4. The van der Waals surface area contributed by atoms with E-state index >= 15 is 0 Å². The highest BCUT2D eigenvalue weighted by atomic mass is 16.5. The van der Waals surface area contributed by atoms with Crippen molar-refractivity contribution in [3.05, 3.63) is 41.7 Å². The minimum atomic E-state index is -0.999. The number of ether oxygens (including phenoxy) is 1. The summed E-state index contributed by atoms with van der Waals surface area (Å²) in [5, 5.41) is 20.8. The Morgan fingerprint density at radius 3 is 2.35 bits per heavy atom. The third-order valence-electron chi connectivity index (χ3n) is 2.37. The van der Waals surface area contributed by atoms with Crippen LogP contribution in [0.2, 0.25) is 0 Å². The Morgan fingerprint density at radius 2 is 1.90 bits per heavy atom. The van der Waals surface area contributed by atoms with E-state index in [9.17, 15) is 4.79 Å². The molecule has 0 bridgehead atoms. The molecule has 0 atom stereocenters. The normalized spacial score (nSPS) is 9.60. The number of carboxylic acid groups (broad SMARTS) is 1. The monoisotopic (exact) mass is 278 g/mol. The highest BCUT2D eigenvalue weighted by Crippen LogP contribution is 2.17. The van der Waals surface area contributed by atoms with Gasteiger partial charge in [0.1, 0.15) is 5.75 Å². The standard InChI is InChI=1S/C12H12N2O3.C2H6O/c1-8-7-11(12(15)16)14(13-8)9-3-5-10(17-2)6-4-9;1-2-3/h3-7H,1-2H3,(H,15,16);3H,2H2,1H3. The molecule has 0 spiro atoms. The van der Waals surface area contributed by atoms with Crippen LogP contribution in [0.3, 0.4) is 0 Å². The second-order valence-electron chi connectivity index (χ2n) is 3.90. The molecule has 6 nitrogen and oxygen atoms in total. The van der Waals surface area contributed by atoms with Gasteiger partial charge < -0.3 is 14.9 Å². The van der Waals surface area contributed by atoms with Gasteiger partial charge in [-0.1, -0.05) is 0 Å². The molecule has 1 heterocycles. The predicted octanol–water partition coefficient (Wildman–Crippen LogP) is 1.89. The van der Waals surface area contributed by atoms with Gasteiger partial charge in [-0.25, -0.2) is 9.48 Å². The number of carboxylic acids is 1. The molecule has 2 rings (SSSR count). The summed E-state index contributed by atoms with van der Waals surface area (Å²) in [5.41, 5.74) is 1.50. The van der Waals surface area contributed by atoms with Gasteiger partial charge in [0, 0.05) is 6.61 Å². The summed E-state index contributed by atoms with van der Waals surface area (Å²) in [5.74, 6) is -0.282. The molecule has 2 N–H and O–H groups in total. The number of carbonyl (C=O) groups is 1. The molecule has 0 unspecified atom stereocenters. The van der Waals surface area contributed by atoms with Gasteiger partial charge in [-0.2, -0.15) is 5.10 Å². The SMILES string of the molecule is CCO.COc1ccc(-n2nc(C)cc2C(=O)O)cc1. The highest BCUT2D eigenvalue weighted by Gasteiger charge is 2.13. The van der Waals surface area contributed by atoms with Crippen LogP contribution in [0.1, 0.15) is 23.1 Å². The smallest absolute Gasteiger partial charge is 0.354 e. The van der Waals surface area contributed by atoms with Gasteiger partial charge in [-0.15, -0.1) is 0 Å². The van der Waals surface area contributed by atoms with Gasteiger partial charge in [0.15, 0.2) is 5.69 Å². The molecule has 0 aliphatic rings. The Bertz CT molecular complexity index is 561. The Kier molecular flexibility index (Phi) is 5.74. The quantitative estimate of drug-likeness (QED) is 0.895. The van der Waals surface area contributed by atoms with E-state index in [4.69, 9.17) is 14.9 Å². The van der Waals surface area contributed by atoms with Crippen molar-refractivity contribution >= 4 is 5.97 Å². The fourth-order valence-corrected chi connectivity index (χ4v) is 1.57. The number of hydrogen-bond donors (Lipinski definition) is 2. The first-order chi connectivity index (χ1) is 9.53. The number of benzene rings is 1. The summed E-state index contributed by atoms with van der Waals surface area (Å²) >= 11 is 0. The van der Waals surface area contributed by atoms with Gasteiger partial charge >= 0.3 is 5.97 Å². The lowest BCUT2D eigenvalue weighted by Gasteiger charge is -2.05. The second kappa shape index (κ2) is 7.30. The lowest BCUT2D eigenvalue weighted by molar-refractivity contribution is 0.0687. The van der Waals surface area contributed by atoms with E-state index in [2.05, 4.69) is 5.10 Å². The van der Waals surface area contributed by atoms with E-state index in [1.807, 2.05) is 0 Å². The average molecular weight is 278 g/mol. The predicted molar refractivity (Wildman–Crippen MR) is 74.6 cm³/mol. The number of methoxy groups -OCH3 is 1. The number of aromatic nitrogens is 2. The molecule has 0 saturated heterocycles. The molecule has 0 aliphatic carbocycles. The maximum Gasteiger partial charge on any atom is 0.354 e. The molecule has 1 aromatic carbocycles. The van der Waals surface area contributed by atoms with Gasteiger partial charge in [0.2, 0.25) is 0 Å². The van der Waals surface area contributed by atoms with Crippen LogP contribution < -0.4 is 4.74 Å². The number of aliphatic hydroxyl groups is 1. The second-order valence-corrected chi connectivity index (χ2v) is 3.90. The van der Waals surface area contributed by atoms with Crippen molar-refractivity contribution in [3.63, 3.8) is 0 Å². The van der Waals surface area contributed by atoms with Crippen LogP contribution in [0.25, 0.3) is 5.69 Å². The summed E-state index contributed by atoms with van der Waals surface area (Å²) in [6.45, 7) is 3.69. The number of aliphatic hydroxyl groups excluding tert-OH is 1. The van der Waals surface area contributed by atoms with Crippen molar-refractivity contribution < 1.29 is 19.7 Å². The van der Waals surface area contributed by atoms with Crippen molar-refractivity contribution in [3.8, 4) is 11.4 Å². The zero-order chi connectivity index (χ0) is 15.1. The fraction of sp³-hybridized carbons (Fsp3) is 0.286. The number of aromatic carboxylic acids is 1. The summed E-state index contributed by atoms with van der Waals surface area (Å²) in [6.07, 6.45) is 0. The molecule has 1 aromatic heterocycles. The molecule has 6 heteroatoms. The topological polar surface area (TPSA) is 84.6 Å². The van der Waals surface area contributed by atoms with Crippen LogP contribution in [-0.2, 0) is 0 Å². The maximum atomic E-state index is 11.0. The third kappa shape index (κ3) is 3.83. The van der Waals surface area contributed by atoms with Crippen molar-refractivity contribution in [2.45, 2.75) is 13.8 Å². The molecule has 0 amide bonds. The zero-order valence-electron chi connectivity index (χ0n) is 11.7. The van der Waals surface area contributed by atoms with E-state index < -0.39 is 5.97 Å². The Hall–Kier alpha value is -2.34. The van der Waals surface area contributed by atoms with E-state index in [0.29, 0.717) is 11.4 Å². The molecular weight excluding hydrogens is 260 g/mol. The Balaban J connectivity index is 0.000000612. The van der Waals surface area contributed by atoms with Crippen LogP contribution >= 0.6 is 0 Å². The first-order valence-corrected chi connectivity index (χ1v) is 6.08. The minimum Gasteiger partial charge on any atom is -0.497 e. The largest absolute Gasteiger partial charge is 0.497 e. The fourth-order valence-electron chi connectivity index (χ4n) is 1.57. The molecule has 2 aromatic rings. The van der Waals surface area contributed by atoms with Crippen LogP contribution in [0.15, 0.2) is 30.3 Å². The first-order valence-electron chi connectivity index (χ1n) is 6.08. The lowest BCUT2D eigenvalue weighted by atomic mass is 10.3. The zero-order valence-corrected chi connectivity index (χ0v) is 11.7. The van der Waals surface area contributed by atoms with Crippen LogP contribution in [-0.4, -0.2) is 39.7 Å². The van der Waals surface area contributed by atoms with Gasteiger partial charge in [0.25, 0.3) is 0 Å².